The van der Waals surface area contributed by atoms with E-state index in [0.717, 1.165) is 15.4 Å². The minimum Gasteiger partial charge on any atom is -0.325 e. The maximum atomic E-state index is 14.0. The summed E-state index contributed by atoms with van der Waals surface area (Å²) in [4.78, 5) is 13.7. The number of hydrogen-bond acceptors (Lipinski definition) is 5. The van der Waals surface area contributed by atoms with E-state index in [1.165, 1.54) is 28.6 Å². The van der Waals surface area contributed by atoms with Gasteiger partial charge in [0.2, 0.25) is 15.9 Å². The van der Waals surface area contributed by atoms with Gasteiger partial charge in [-0.05, 0) is 98.0 Å². The molecule has 1 N–H and O–H groups in total. The first-order valence-electron chi connectivity index (χ1n) is 13.8. The van der Waals surface area contributed by atoms with Crippen LogP contribution in [-0.4, -0.2) is 40.1 Å². The van der Waals surface area contributed by atoms with Gasteiger partial charge in [-0.15, -0.1) is 0 Å². The van der Waals surface area contributed by atoms with Crippen LogP contribution in [0.2, 0.25) is 10.0 Å². The molecule has 0 fully saturated rings. The third-order valence-corrected chi connectivity index (χ3v) is 11.8. The fourth-order valence-electron chi connectivity index (χ4n) is 5.49. The van der Waals surface area contributed by atoms with E-state index in [9.17, 15) is 21.6 Å². The Kier molecular flexibility index (Phi) is 9.11. The van der Waals surface area contributed by atoms with Crippen molar-refractivity contribution in [3.05, 3.63) is 117 Å². The molecule has 4 aromatic rings. The van der Waals surface area contributed by atoms with Gasteiger partial charge in [-0.1, -0.05) is 59.1 Å². The molecule has 1 amide bonds. The molecule has 8 nitrogen and oxygen atoms in total. The van der Waals surface area contributed by atoms with Crippen molar-refractivity contribution in [1.29, 1.82) is 0 Å². The molecule has 230 valence electrons. The van der Waals surface area contributed by atoms with Crippen LogP contribution in [0.1, 0.15) is 27.8 Å². The fraction of sp³-hybridized carbons (Fsp3) is 0.219. The monoisotopic (exact) mass is 671 g/mol. The third-order valence-electron chi connectivity index (χ3n) is 7.42. The van der Waals surface area contributed by atoms with E-state index >= 15 is 0 Å². The van der Waals surface area contributed by atoms with Gasteiger partial charge in [-0.25, -0.2) is 16.8 Å². The Balaban J connectivity index is 1.42. The summed E-state index contributed by atoms with van der Waals surface area (Å²) >= 11 is 12.0. The number of hydrogen-bond donors (Lipinski definition) is 1. The van der Waals surface area contributed by atoms with Crippen molar-refractivity contribution in [3.8, 4) is 0 Å². The van der Waals surface area contributed by atoms with Gasteiger partial charge in [0, 0.05) is 28.8 Å². The Bertz CT molecular complexity index is 1920. The van der Waals surface area contributed by atoms with Crippen molar-refractivity contribution in [1.82, 2.24) is 4.31 Å². The van der Waals surface area contributed by atoms with E-state index < -0.39 is 32.5 Å². The van der Waals surface area contributed by atoms with Crippen molar-refractivity contribution < 1.29 is 21.6 Å². The molecule has 0 saturated carbocycles. The molecule has 4 aromatic carbocycles. The number of carbonyl (C=O) groups is 1. The summed E-state index contributed by atoms with van der Waals surface area (Å²) in [5.41, 5.74) is 4.39. The minimum atomic E-state index is -4.10. The van der Waals surface area contributed by atoms with Crippen molar-refractivity contribution in [2.24, 2.45) is 0 Å². The van der Waals surface area contributed by atoms with Crippen molar-refractivity contribution >= 4 is 60.5 Å². The van der Waals surface area contributed by atoms with Crippen LogP contribution < -0.4 is 9.62 Å². The summed E-state index contributed by atoms with van der Waals surface area (Å²) in [6.45, 7) is 5.09. The Morgan fingerprint density at radius 3 is 2.05 bits per heavy atom. The molecule has 1 aliphatic rings. The number of nitrogens with one attached hydrogen (secondary N) is 1. The predicted octanol–water partition coefficient (Wildman–Crippen LogP) is 6.50. The zero-order valence-electron chi connectivity index (χ0n) is 24.3. The smallest absolute Gasteiger partial charge is 0.264 e. The van der Waals surface area contributed by atoms with Gasteiger partial charge in [0.15, 0.2) is 0 Å². The van der Waals surface area contributed by atoms with Gasteiger partial charge in [0.1, 0.15) is 0 Å². The number of benzene rings is 4. The highest BCUT2D eigenvalue weighted by atomic mass is 35.5. The molecule has 0 spiro atoms. The number of aryl methyl sites for hydroxylation is 3. The molecule has 0 aromatic heterocycles. The largest absolute Gasteiger partial charge is 0.325 e. The Morgan fingerprint density at radius 1 is 0.841 bits per heavy atom. The third kappa shape index (κ3) is 6.64. The average molecular weight is 673 g/mol. The van der Waals surface area contributed by atoms with Gasteiger partial charge in [0.05, 0.1) is 22.0 Å². The summed E-state index contributed by atoms with van der Waals surface area (Å²) < 4.78 is 57.4. The summed E-state index contributed by atoms with van der Waals surface area (Å²) in [6.07, 6.45) is 0.513. The molecule has 0 atom stereocenters. The van der Waals surface area contributed by atoms with E-state index in [0.29, 0.717) is 44.5 Å². The Morgan fingerprint density at radius 2 is 1.43 bits per heavy atom. The lowest BCUT2D eigenvalue weighted by Gasteiger charge is -2.24. The summed E-state index contributed by atoms with van der Waals surface area (Å²) in [6, 6.07) is 21.4. The maximum absolute atomic E-state index is 14.0. The lowest BCUT2D eigenvalue weighted by atomic mass is 10.1. The zero-order valence-corrected chi connectivity index (χ0v) is 27.5. The normalized spacial score (nSPS) is 13.3. The van der Waals surface area contributed by atoms with Crippen LogP contribution in [0.3, 0.4) is 0 Å². The lowest BCUT2D eigenvalue weighted by Crippen LogP contribution is -2.38. The zero-order chi connectivity index (χ0) is 31.8. The molecule has 1 heterocycles. The standard InChI is InChI=1S/C32H31Cl2N3O5S2/c1-21-16-22(2)32(23(3)17-21)44(41,42)36(19-24-4-7-26(33)8-5-24)20-31(38)35-28-11-6-25-14-15-37(30(25)18-28)43(39,40)29-12-9-27(34)10-13-29/h4-13,16-18H,14-15,19-20H2,1-3H3,(H,35,38). The molecular weight excluding hydrogens is 641 g/mol. The van der Waals surface area contributed by atoms with Crippen LogP contribution in [-0.2, 0) is 37.8 Å². The topological polar surface area (TPSA) is 104 Å². The molecule has 1 aliphatic heterocycles. The fourth-order valence-corrected chi connectivity index (χ4v) is 9.04. The van der Waals surface area contributed by atoms with Crippen LogP contribution in [0.4, 0.5) is 11.4 Å². The summed E-state index contributed by atoms with van der Waals surface area (Å²) in [7, 11) is -7.97. The predicted molar refractivity (Wildman–Crippen MR) is 174 cm³/mol. The Labute approximate surface area is 268 Å². The Hall–Kier alpha value is -3.41. The lowest BCUT2D eigenvalue weighted by molar-refractivity contribution is -0.116. The first-order valence-corrected chi connectivity index (χ1v) is 17.4. The van der Waals surface area contributed by atoms with E-state index in [4.69, 9.17) is 23.2 Å². The molecule has 0 saturated heterocycles. The van der Waals surface area contributed by atoms with Crippen LogP contribution >= 0.6 is 23.2 Å². The van der Waals surface area contributed by atoms with E-state index in [1.807, 2.05) is 6.92 Å². The second kappa shape index (κ2) is 12.5. The second-order valence-electron chi connectivity index (χ2n) is 10.8. The highest BCUT2D eigenvalue weighted by Crippen LogP contribution is 2.35. The van der Waals surface area contributed by atoms with Gasteiger partial charge in [-0.3, -0.25) is 9.10 Å². The molecule has 0 bridgehead atoms. The van der Waals surface area contributed by atoms with Gasteiger partial charge in [0.25, 0.3) is 10.0 Å². The van der Waals surface area contributed by atoms with Gasteiger partial charge < -0.3 is 5.32 Å². The minimum absolute atomic E-state index is 0.0586. The molecule has 5 rings (SSSR count). The highest BCUT2D eigenvalue weighted by molar-refractivity contribution is 7.92. The van der Waals surface area contributed by atoms with E-state index in [2.05, 4.69) is 5.32 Å². The van der Waals surface area contributed by atoms with Gasteiger partial charge >= 0.3 is 0 Å². The molecule has 0 unspecified atom stereocenters. The SMILES string of the molecule is Cc1cc(C)c(S(=O)(=O)N(CC(=O)Nc2ccc3c(c2)N(S(=O)(=O)c2ccc(Cl)cc2)CC3)Cc2ccc(Cl)cc2)c(C)c1. The first kappa shape index (κ1) is 32.0. The first-order chi connectivity index (χ1) is 20.8. The average Bonchev–Trinajstić information content (AvgIpc) is 3.37. The second-order valence-corrected chi connectivity index (χ2v) is 15.4. The van der Waals surface area contributed by atoms with Crippen molar-refractivity contribution in [2.45, 2.75) is 43.5 Å². The van der Waals surface area contributed by atoms with Crippen LogP contribution in [0.25, 0.3) is 0 Å². The number of halogens is 2. The highest BCUT2D eigenvalue weighted by Gasteiger charge is 2.32. The van der Waals surface area contributed by atoms with Crippen molar-refractivity contribution in [3.63, 3.8) is 0 Å². The van der Waals surface area contributed by atoms with Crippen LogP contribution in [0.5, 0.6) is 0 Å². The van der Waals surface area contributed by atoms with Crippen LogP contribution in [0, 0.1) is 20.8 Å². The number of anilines is 2. The molecule has 0 aliphatic carbocycles. The quantitative estimate of drug-likeness (QED) is 0.219. The number of fused-ring (bicyclic) bond motifs is 1. The number of nitrogens with zero attached hydrogens (tertiary/aromatic N) is 2. The maximum Gasteiger partial charge on any atom is 0.264 e. The van der Waals surface area contributed by atoms with Crippen LogP contribution in [0.15, 0.2) is 88.7 Å². The summed E-state index contributed by atoms with van der Waals surface area (Å²) in [5, 5.41) is 3.71. The van der Waals surface area contributed by atoms with Gasteiger partial charge in [-0.2, -0.15) is 4.31 Å². The number of amides is 1. The number of sulfonamides is 2. The number of carbonyl (C=O) groups excluding carboxylic acids is 1. The van der Waals surface area contributed by atoms with Crippen molar-refractivity contribution in [2.75, 3.05) is 22.7 Å². The van der Waals surface area contributed by atoms with E-state index in [-0.39, 0.29) is 22.9 Å². The van der Waals surface area contributed by atoms with E-state index in [1.54, 1.807) is 68.4 Å². The molecule has 0 radical (unpaired) electrons. The summed E-state index contributed by atoms with van der Waals surface area (Å²) in [5.74, 6) is -0.574. The molecule has 12 heteroatoms. The number of rotatable bonds is 9. The molecular formula is C32H31Cl2N3O5S2. The molecule has 44 heavy (non-hydrogen) atoms.